The Morgan fingerprint density at radius 2 is 1.83 bits per heavy atom. The number of carbonyl (C=O) groups is 1. The average molecular weight is 482 g/mol. The highest BCUT2D eigenvalue weighted by atomic mass is 19.4. The second-order valence-electron chi connectivity index (χ2n) is 9.05. The van der Waals surface area contributed by atoms with Crippen LogP contribution in [0.25, 0.3) is 5.57 Å². The van der Waals surface area contributed by atoms with Crippen LogP contribution in [0, 0.1) is 0 Å². The van der Waals surface area contributed by atoms with Crippen molar-refractivity contribution in [2.75, 3.05) is 11.9 Å². The van der Waals surface area contributed by atoms with Gasteiger partial charge in [0.1, 0.15) is 6.33 Å². The molecule has 0 saturated heterocycles. The molecule has 0 radical (unpaired) electrons. The van der Waals surface area contributed by atoms with Gasteiger partial charge in [-0.1, -0.05) is 18.2 Å². The van der Waals surface area contributed by atoms with Gasteiger partial charge in [-0.05, 0) is 78.6 Å². The van der Waals surface area contributed by atoms with E-state index in [2.05, 4.69) is 25.4 Å². The summed E-state index contributed by atoms with van der Waals surface area (Å²) in [6.07, 6.45) is 1.16. The number of anilines is 1. The number of fused-ring (bicyclic) bond motifs is 1. The van der Waals surface area contributed by atoms with Crippen molar-refractivity contribution in [2.24, 2.45) is 0 Å². The quantitative estimate of drug-likeness (QED) is 0.515. The molecule has 0 bridgehead atoms. The molecule has 182 valence electrons. The molecule has 0 spiro atoms. The number of benzene rings is 2. The maximum Gasteiger partial charge on any atom is 0.416 e. The van der Waals surface area contributed by atoms with E-state index in [1.807, 2.05) is 18.2 Å². The number of hydrogen-bond donors (Lipinski definition) is 2. The van der Waals surface area contributed by atoms with Gasteiger partial charge in [0, 0.05) is 24.4 Å². The van der Waals surface area contributed by atoms with Gasteiger partial charge < -0.3 is 5.32 Å². The van der Waals surface area contributed by atoms with E-state index in [9.17, 15) is 18.0 Å². The summed E-state index contributed by atoms with van der Waals surface area (Å²) in [5, 5.41) is 9.89. The second kappa shape index (κ2) is 9.65. The van der Waals surface area contributed by atoms with Gasteiger partial charge in [0.15, 0.2) is 5.82 Å². The zero-order chi connectivity index (χ0) is 24.4. The van der Waals surface area contributed by atoms with E-state index in [0.29, 0.717) is 30.5 Å². The summed E-state index contributed by atoms with van der Waals surface area (Å²) in [6, 6.07) is 11.1. The van der Waals surface area contributed by atoms with Gasteiger partial charge in [-0.2, -0.15) is 18.3 Å². The summed E-state index contributed by atoms with van der Waals surface area (Å²) >= 11 is 0. The predicted molar refractivity (Wildman–Crippen MR) is 126 cm³/mol. The van der Waals surface area contributed by atoms with E-state index >= 15 is 0 Å². The molecule has 1 aromatic heterocycles. The van der Waals surface area contributed by atoms with Crippen LogP contribution < -0.4 is 5.32 Å². The number of H-pyrrole nitrogens is 1. The van der Waals surface area contributed by atoms with Crippen molar-refractivity contribution in [3.63, 3.8) is 0 Å². The molecule has 2 aliphatic rings. The molecule has 2 N–H and O–H groups in total. The summed E-state index contributed by atoms with van der Waals surface area (Å²) in [5.74, 6) is 0.587. The third kappa shape index (κ3) is 5.30. The Bertz CT molecular complexity index is 1230. The molecule has 5 rings (SSSR count). The number of rotatable bonds is 5. The number of nitrogens with one attached hydrogen (secondary N) is 2. The number of hydrogen-bond acceptors (Lipinski definition) is 4. The molecule has 0 fully saturated rings. The Labute approximate surface area is 201 Å². The van der Waals surface area contributed by atoms with E-state index < -0.39 is 11.7 Å². The number of amides is 1. The van der Waals surface area contributed by atoms with Gasteiger partial charge >= 0.3 is 6.18 Å². The van der Waals surface area contributed by atoms with Crippen LogP contribution >= 0.6 is 0 Å². The van der Waals surface area contributed by atoms with Crippen LogP contribution in [0.5, 0.6) is 0 Å². The highest BCUT2D eigenvalue weighted by molar-refractivity contribution is 6.09. The Kier molecular flexibility index (Phi) is 6.42. The van der Waals surface area contributed by atoms with Gasteiger partial charge in [-0.3, -0.25) is 14.8 Å². The SMILES string of the molecule is O=C(Nc1ccc2c(c1)CCN(Cc1nc[nH]n1)C2)C1=C(c2ccc(C(F)(F)F)cc2)CCCC1. The number of halogens is 3. The third-order valence-electron chi connectivity index (χ3n) is 6.69. The molecule has 0 atom stereocenters. The van der Waals surface area contributed by atoms with Crippen LogP contribution in [0.4, 0.5) is 18.9 Å². The first-order chi connectivity index (χ1) is 16.9. The van der Waals surface area contributed by atoms with Crippen molar-refractivity contribution in [2.45, 2.75) is 51.4 Å². The van der Waals surface area contributed by atoms with Crippen LogP contribution in [0.1, 0.15) is 53.8 Å². The van der Waals surface area contributed by atoms with Gasteiger partial charge in [0.25, 0.3) is 5.91 Å². The molecule has 0 unspecified atom stereocenters. The number of aromatic amines is 1. The van der Waals surface area contributed by atoms with Crippen molar-refractivity contribution in [1.82, 2.24) is 20.1 Å². The van der Waals surface area contributed by atoms with Crippen molar-refractivity contribution in [3.05, 3.63) is 82.4 Å². The zero-order valence-electron chi connectivity index (χ0n) is 19.2. The smallest absolute Gasteiger partial charge is 0.322 e. The first kappa shape index (κ1) is 23.3. The standard InChI is InChI=1S/C26H26F3N5O/c27-26(28,29)20-8-5-17(6-9-20)22-3-1-2-4-23(22)25(35)32-21-10-7-19-14-34(12-11-18(19)13-21)15-24-30-16-31-33-24/h5-10,13,16H,1-4,11-12,14-15H2,(H,32,35)(H,30,31,33). The fraction of sp³-hybridized carbons (Fsp3) is 0.346. The van der Waals surface area contributed by atoms with Crippen LogP contribution in [-0.2, 0) is 30.5 Å². The molecule has 6 nitrogen and oxygen atoms in total. The van der Waals surface area contributed by atoms with Crippen molar-refractivity contribution in [3.8, 4) is 0 Å². The van der Waals surface area contributed by atoms with E-state index in [-0.39, 0.29) is 5.91 Å². The molecule has 35 heavy (non-hydrogen) atoms. The van der Waals surface area contributed by atoms with Gasteiger partial charge in [-0.15, -0.1) is 0 Å². The Morgan fingerprint density at radius 1 is 1.03 bits per heavy atom. The number of alkyl halides is 3. The van der Waals surface area contributed by atoms with Crippen LogP contribution in [0.2, 0.25) is 0 Å². The lowest BCUT2D eigenvalue weighted by Gasteiger charge is -2.28. The molecule has 2 heterocycles. The third-order valence-corrected chi connectivity index (χ3v) is 6.69. The highest BCUT2D eigenvalue weighted by Crippen LogP contribution is 2.35. The average Bonchev–Trinajstić information content (AvgIpc) is 3.37. The van der Waals surface area contributed by atoms with Crippen molar-refractivity contribution >= 4 is 17.2 Å². The molecule has 1 aliphatic heterocycles. The topological polar surface area (TPSA) is 73.9 Å². The van der Waals surface area contributed by atoms with Crippen molar-refractivity contribution in [1.29, 1.82) is 0 Å². The lowest BCUT2D eigenvalue weighted by atomic mass is 9.86. The summed E-state index contributed by atoms with van der Waals surface area (Å²) in [5.41, 5.74) is 4.65. The molecule has 1 aliphatic carbocycles. The number of allylic oxidation sites excluding steroid dienone is 1. The van der Waals surface area contributed by atoms with Gasteiger partial charge in [0.05, 0.1) is 12.1 Å². The predicted octanol–water partition coefficient (Wildman–Crippen LogP) is 5.35. The fourth-order valence-corrected chi connectivity index (χ4v) is 4.88. The minimum absolute atomic E-state index is 0.179. The lowest BCUT2D eigenvalue weighted by molar-refractivity contribution is -0.137. The number of nitrogens with zero attached hydrogens (tertiary/aromatic N) is 3. The molecule has 1 amide bonds. The largest absolute Gasteiger partial charge is 0.416 e. The van der Waals surface area contributed by atoms with Gasteiger partial charge in [-0.25, -0.2) is 4.98 Å². The van der Waals surface area contributed by atoms with Gasteiger partial charge in [0.2, 0.25) is 0 Å². The summed E-state index contributed by atoms with van der Waals surface area (Å²) in [4.78, 5) is 19.7. The van der Waals surface area contributed by atoms with E-state index in [0.717, 1.165) is 61.6 Å². The monoisotopic (exact) mass is 481 g/mol. The fourth-order valence-electron chi connectivity index (χ4n) is 4.88. The minimum Gasteiger partial charge on any atom is -0.322 e. The van der Waals surface area contributed by atoms with Crippen LogP contribution in [-0.4, -0.2) is 32.5 Å². The summed E-state index contributed by atoms with van der Waals surface area (Å²) in [6.45, 7) is 2.35. The first-order valence-corrected chi connectivity index (χ1v) is 11.8. The molecule has 2 aromatic carbocycles. The minimum atomic E-state index is -4.38. The molecular weight excluding hydrogens is 455 g/mol. The number of carbonyl (C=O) groups excluding carboxylic acids is 1. The summed E-state index contributed by atoms with van der Waals surface area (Å²) < 4.78 is 38.8. The molecule has 3 aromatic rings. The van der Waals surface area contributed by atoms with E-state index in [1.54, 1.807) is 6.33 Å². The maximum atomic E-state index is 13.2. The molecule has 9 heteroatoms. The van der Waals surface area contributed by atoms with Crippen LogP contribution in [0.15, 0.2) is 54.4 Å². The molecule has 0 saturated carbocycles. The highest BCUT2D eigenvalue weighted by Gasteiger charge is 2.30. The zero-order valence-corrected chi connectivity index (χ0v) is 19.2. The second-order valence-corrected chi connectivity index (χ2v) is 9.05. The summed E-state index contributed by atoms with van der Waals surface area (Å²) in [7, 11) is 0. The maximum absolute atomic E-state index is 13.2. The lowest BCUT2D eigenvalue weighted by Crippen LogP contribution is -2.30. The van der Waals surface area contributed by atoms with E-state index in [1.165, 1.54) is 23.3 Å². The normalized spacial score (nSPS) is 16.8. The van der Waals surface area contributed by atoms with E-state index in [4.69, 9.17) is 0 Å². The van der Waals surface area contributed by atoms with Crippen molar-refractivity contribution < 1.29 is 18.0 Å². The first-order valence-electron chi connectivity index (χ1n) is 11.8. The Morgan fingerprint density at radius 3 is 2.57 bits per heavy atom. The molecular formula is C26H26F3N5O. The Balaban J connectivity index is 1.31. The van der Waals surface area contributed by atoms with Crippen LogP contribution in [0.3, 0.4) is 0 Å². The Hall–Kier alpha value is -3.46. The number of aromatic nitrogens is 3.